The maximum atomic E-state index is 8.75. The summed E-state index contributed by atoms with van der Waals surface area (Å²) in [5.74, 6) is 0. The molecule has 0 spiro atoms. The van der Waals surface area contributed by atoms with E-state index in [0.29, 0.717) is 0 Å². The van der Waals surface area contributed by atoms with E-state index in [1.54, 1.807) is 7.05 Å². The van der Waals surface area contributed by atoms with E-state index in [1.165, 1.54) is 0 Å². The standard InChI is InChI=1S/C6H15NO2.C2H6/c1-3-6(4-8,5-9)7-2;1-2/h7-9H,3-5H2,1-2H3;1-2H3. The Balaban J connectivity index is 0. The highest BCUT2D eigenvalue weighted by Gasteiger charge is 2.22. The molecule has 0 fully saturated rings. The lowest BCUT2D eigenvalue weighted by Crippen LogP contribution is -2.49. The van der Waals surface area contributed by atoms with Crippen LogP contribution in [0.2, 0.25) is 0 Å². The van der Waals surface area contributed by atoms with Crippen molar-refractivity contribution < 1.29 is 10.2 Å². The van der Waals surface area contributed by atoms with Crippen LogP contribution in [0.3, 0.4) is 0 Å². The molecule has 0 aromatic heterocycles. The third kappa shape index (κ3) is 4.35. The van der Waals surface area contributed by atoms with Crippen LogP contribution in [0.1, 0.15) is 27.2 Å². The van der Waals surface area contributed by atoms with Crippen LogP contribution in [0.4, 0.5) is 0 Å². The van der Waals surface area contributed by atoms with Crippen LogP contribution in [0, 0.1) is 0 Å². The van der Waals surface area contributed by atoms with Crippen LogP contribution in [0.25, 0.3) is 0 Å². The highest BCUT2D eigenvalue weighted by atomic mass is 16.3. The zero-order chi connectivity index (χ0) is 9.33. The normalized spacial score (nSPS) is 10.4. The van der Waals surface area contributed by atoms with Gasteiger partial charge in [0.05, 0.1) is 18.8 Å². The summed E-state index contributed by atoms with van der Waals surface area (Å²) in [5, 5.41) is 20.4. The summed E-state index contributed by atoms with van der Waals surface area (Å²) in [7, 11) is 1.73. The van der Waals surface area contributed by atoms with Gasteiger partial charge in [0, 0.05) is 0 Å². The van der Waals surface area contributed by atoms with Gasteiger partial charge in [-0.15, -0.1) is 0 Å². The Morgan fingerprint density at radius 1 is 1.18 bits per heavy atom. The van der Waals surface area contributed by atoms with E-state index < -0.39 is 5.54 Å². The zero-order valence-corrected chi connectivity index (χ0v) is 8.02. The summed E-state index contributed by atoms with van der Waals surface area (Å²) in [4.78, 5) is 0. The first-order chi connectivity index (χ1) is 5.24. The highest BCUT2D eigenvalue weighted by Crippen LogP contribution is 2.05. The van der Waals surface area contributed by atoms with E-state index in [4.69, 9.17) is 10.2 Å². The Kier molecular flexibility index (Phi) is 9.77. The van der Waals surface area contributed by atoms with Gasteiger partial charge in [-0.05, 0) is 13.5 Å². The van der Waals surface area contributed by atoms with Crippen molar-refractivity contribution in [2.75, 3.05) is 20.3 Å². The smallest absolute Gasteiger partial charge is 0.0643 e. The molecule has 0 aliphatic carbocycles. The molecule has 0 aromatic carbocycles. The Morgan fingerprint density at radius 2 is 1.55 bits per heavy atom. The fraction of sp³-hybridized carbons (Fsp3) is 1.00. The molecule has 0 radical (unpaired) electrons. The first-order valence-electron chi connectivity index (χ1n) is 4.15. The van der Waals surface area contributed by atoms with Crippen LogP contribution >= 0.6 is 0 Å². The van der Waals surface area contributed by atoms with Gasteiger partial charge in [0.1, 0.15) is 0 Å². The van der Waals surface area contributed by atoms with Crippen molar-refractivity contribution in [3.63, 3.8) is 0 Å². The number of hydrogen-bond donors (Lipinski definition) is 3. The van der Waals surface area contributed by atoms with Gasteiger partial charge in [-0.2, -0.15) is 0 Å². The van der Waals surface area contributed by atoms with Crippen LogP contribution < -0.4 is 5.32 Å². The highest BCUT2D eigenvalue weighted by molar-refractivity contribution is 4.83. The average Bonchev–Trinajstić information content (AvgIpc) is 2.13. The lowest BCUT2D eigenvalue weighted by Gasteiger charge is -2.27. The Labute approximate surface area is 69.4 Å². The molecule has 11 heavy (non-hydrogen) atoms. The predicted molar refractivity (Wildman–Crippen MR) is 47.6 cm³/mol. The number of aliphatic hydroxyl groups excluding tert-OH is 2. The summed E-state index contributed by atoms with van der Waals surface area (Å²) in [6.45, 7) is 5.88. The molecule has 0 heterocycles. The minimum Gasteiger partial charge on any atom is -0.394 e. The molecule has 3 N–H and O–H groups in total. The van der Waals surface area contributed by atoms with Gasteiger partial charge >= 0.3 is 0 Å². The van der Waals surface area contributed by atoms with Crippen LogP contribution in [0.5, 0.6) is 0 Å². The molecule has 0 rings (SSSR count). The average molecular weight is 163 g/mol. The van der Waals surface area contributed by atoms with Crippen molar-refractivity contribution in [2.24, 2.45) is 0 Å². The fourth-order valence-corrected chi connectivity index (χ4v) is 0.608. The first-order valence-corrected chi connectivity index (χ1v) is 4.15. The largest absolute Gasteiger partial charge is 0.394 e. The summed E-state index contributed by atoms with van der Waals surface area (Å²) < 4.78 is 0. The third-order valence-corrected chi connectivity index (χ3v) is 1.81. The molecular formula is C8H21NO2. The second-order valence-electron chi connectivity index (χ2n) is 2.20. The molecule has 0 saturated carbocycles. The quantitative estimate of drug-likeness (QED) is 0.561. The van der Waals surface area contributed by atoms with Crippen LogP contribution in [-0.4, -0.2) is 36.0 Å². The maximum absolute atomic E-state index is 8.75. The number of nitrogens with one attached hydrogen (secondary N) is 1. The van der Waals surface area contributed by atoms with E-state index in [-0.39, 0.29) is 13.2 Å². The van der Waals surface area contributed by atoms with Crippen molar-refractivity contribution in [2.45, 2.75) is 32.7 Å². The summed E-state index contributed by atoms with van der Waals surface area (Å²) >= 11 is 0. The first kappa shape index (κ1) is 13.5. The van der Waals surface area contributed by atoms with Crippen molar-refractivity contribution in [3.05, 3.63) is 0 Å². The fourth-order valence-electron chi connectivity index (χ4n) is 0.608. The predicted octanol–water partition coefficient (Wildman–Crippen LogP) is 0.365. The van der Waals surface area contributed by atoms with Gasteiger partial charge in [-0.1, -0.05) is 20.8 Å². The van der Waals surface area contributed by atoms with Gasteiger partial charge in [0.15, 0.2) is 0 Å². The molecule has 0 bridgehead atoms. The minimum absolute atomic E-state index is 0.0174. The Morgan fingerprint density at radius 3 is 1.55 bits per heavy atom. The van der Waals surface area contributed by atoms with Crippen molar-refractivity contribution >= 4 is 0 Å². The second-order valence-corrected chi connectivity index (χ2v) is 2.20. The Hall–Kier alpha value is -0.120. The number of hydrogen-bond acceptors (Lipinski definition) is 3. The van der Waals surface area contributed by atoms with E-state index >= 15 is 0 Å². The van der Waals surface area contributed by atoms with E-state index in [1.807, 2.05) is 20.8 Å². The SMILES string of the molecule is CC.CCC(CO)(CO)NC. The lowest BCUT2D eigenvalue weighted by atomic mass is 9.99. The zero-order valence-electron chi connectivity index (χ0n) is 8.02. The van der Waals surface area contributed by atoms with Gasteiger partial charge in [-0.25, -0.2) is 0 Å². The van der Waals surface area contributed by atoms with Gasteiger partial charge in [-0.3, -0.25) is 0 Å². The van der Waals surface area contributed by atoms with Crippen molar-refractivity contribution in [1.29, 1.82) is 0 Å². The number of rotatable bonds is 4. The third-order valence-electron chi connectivity index (χ3n) is 1.81. The monoisotopic (exact) mass is 163 g/mol. The molecule has 3 nitrogen and oxygen atoms in total. The van der Waals surface area contributed by atoms with Gasteiger partial charge in [0.2, 0.25) is 0 Å². The van der Waals surface area contributed by atoms with E-state index in [9.17, 15) is 0 Å². The molecule has 0 amide bonds. The topological polar surface area (TPSA) is 52.5 Å². The molecule has 0 aromatic rings. The summed E-state index contributed by atoms with van der Waals surface area (Å²) in [6, 6.07) is 0. The summed E-state index contributed by atoms with van der Waals surface area (Å²) in [5.41, 5.74) is -0.472. The van der Waals surface area contributed by atoms with Crippen LogP contribution in [-0.2, 0) is 0 Å². The van der Waals surface area contributed by atoms with E-state index in [0.717, 1.165) is 6.42 Å². The second kappa shape index (κ2) is 7.98. The maximum Gasteiger partial charge on any atom is 0.0643 e. The van der Waals surface area contributed by atoms with Crippen molar-refractivity contribution in [3.8, 4) is 0 Å². The molecule has 0 unspecified atom stereocenters. The van der Waals surface area contributed by atoms with E-state index in [2.05, 4.69) is 5.32 Å². The Bertz CT molecular complexity index is 55.0. The molecule has 3 heteroatoms. The van der Waals surface area contributed by atoms with Gasteiger partial charge < -0.3 is 15.5 Å². The molecule has 0 aliphatic heterocycles. The molecule has 0 saturated heterocycles. The number of likely N-dealkylation sites (N-methyl/N-ethyl adjacent to an activating group) is 1. The van der Waals surface area contributed by atoms with Crippen molar-refractivity contribution in [1.82, 2.24) is 5.32 Å². The van der Waals surface area contributed by atoms with Gasteiger partial charge in [0.25, 0.3) is 0 Å². The lowest BCUT2D eigenvalue weighted by molar-refractivity contribution is 0.0942. The number of aliphatic hydroxyl groups is 2. The summed E-state index contributed by atoms with van der Waals surface area (Å²) in [6.07, 6.45) is 0.733. The minimum atomic E-state index is -0.472. The molecule has 0 aliphatic rings. The molecule has 0 atom stereocenters. The molecular weight excluding hydrogens is 142 g/mol. The van der Waals surface area contributed by atoms with Crippen LogP contribution in [0.15, 0.2) is 0 Å². The molecule has 70 valence electrons.